The number of pyridine rings is 1. The molecule has 0 saturated heterocycles. The molecular weight excluding hydrogens is 240 g/mol. The van der Waals surface area contributed by atoms with E-state index < -0.39 is 5.97 Å². The number of hydrogen-bond acceptors (Lipinski definition) is 3. The fourth-order valence-electron chi connectivity index (χ4n) is 1.81. The molecule has 4 nitrogen and oxygen atoms in total. The third kappa shape index (κ3) is 3.63. The number of carboxylic acids is 1. The lowest BCUT2D eigenvalue weighted by Crippen LogP contribution is -2.18. The maximum Gasteiger partial charge on any atom is 0.335 e. The number of nitrogens with one attached hydrogen (secondary N) is 1. The van der Waals surface area contributed by atoms with Crippen LogP contribution in [0.3, 0.4) is 0 Å². The van der Waals surface area contributed by atoms with Crippen molar-refractivity contribution in [3.63, 3.8) is 0 Å². The van der Waals surface area contributed by atoms with E-state index in [0.717, 1.165) is 5.56 Å². The van der Waals surface area contributed by atoms with E-state index in [1.54, 1.807) is 24.5 Å². The molecule has 19 heavy (non-hydrogen) atoms. The maximum absolute atomic E-state index is 10.7. The normalized spacial score (nSPS) is 12.1. The van der Waals surface area contributed by atoms with Gasteiger partial charge in [-0.2, -0.15) is 0 Å². The van der Waals surface area contributed by atoms with Crippen LogP contribution < -0.4 is 5.32 Å². The van der Waals surface area contributed by atoms with Crippen molar-refractivity contribution in [2.75, 3.05) is 0 Å². The van der Waals surface area contributed by atoms with E-state index in [4.69, 9.17) is 5.11 Å². The van der Waals surface area contributed by atoms with Gasteiger partial charge >= 0.3 is 5.97 Å². The van der Waals surface area contributed by atoms with Crippen molar-refractivity contribution in [3.8, 4) is 0 Å². The van der Waals surface area contributed by atoms with Crippen molar-refractivity contribution in [3.05, 3.63) is 65.5 Å². The van der Waals surface area contributed by atoms with Crippen LogP contribution in [0.15, 0.2) is 48.8 Å². The highest BCUT2D eigenvalue weighted by Gasteiger charge is 2.05. The second-order valence-electron chi connectivity index (χ2n) is 4.39. The van der Waals surface area contributed by atoms with Gasteiger partial charge in [0.25, 0.3) is 0 Å². The minimum Gasteiger partial charge on any atom is -0.478 e. The maximum atomic E-state index is 10.7. The van der Waals surface area contributed by atoms with E-state index in [1.807, 2.05) is 24.3 Å². The Morgan fingerprint density at radius 2 is 1.84 bits per heavy atom. The van der Waals surface area contributed by atoms with Crippen LogP contribution in [0.4, 0.5) is 0 Å². The van der Waals surface area contributed by atoms with Crippen molar-refractivity contribution in [2.45, 2.75) is 19.5 Å². The molecule has 98 valence electrons. The molecule has 1 aromatic carbocycles. The second-order valence-corrected chi connectivity index (χ2v) is 4.39. The fraction of sp³-hybridized carbons (Fsp3) is 0.200. The molecule has 0 spiro atoms. The molecule has 1 atom stereocenters. The van der Waals surface area contributed by atoms with E-state index >= 15 is 0 Å². The third-order valence-electron chi connectivity index (χ3n) is 3.02. The summed E-state index contributed by atoms with van der Waals surface area (Å²) in [6.07, 6.45) is 3.55. The highest BCUT2D eigenvalue weighted by atomic mass is 16.4. The first-order chi connectivity index (χ1) is 9.16. The molecule has 2 aromatic rings. The SMILES string of the molecule is C[C@H](NCc1ccc(C(=O)O)cc1)c1ccncc1. The zero-order valence-corrected chi connectivity index (χ0v) is 10.7. The van der Waals surface area contributed by atoms with Gasteiger partial charge in [-0.15, -0.1) is 0 Å². The monoisotopic (exact) mass is 256 g/mol. The number of hydrogen-bond donors (Lipinski definition) is 2. The number of rotatable bonds is 5. The molecule has 0 radical (unpaired) electrons. The Morgan fingerprint density at radius 1 is 1.21 bits per heavy atom. The Morgan fingerprint density at radius 3 is 2.42 bits per heavy atom. The molecule has 1 aromatic heterocycles. The minimum absolute atomic E-state index is 0.224. The standard InChI is InChI=1S/C15H16N2O2/c1-11(13-6-8-16-9-7-13)17-10-12-2-4-14(5-3-12)15(18)19/h2-9,11,17H,10H2,1H3,(H,18,19)/t11-/m0/s1. The highest BCUT2D eigenvalue weighted by molar-refractivity contribution is 5.87. The summed E-state index contributed by atoms with van der Waals surface area (Å²) in [7, 11) is 0. The number of benzene rings is 1. The summed E-state index contributed by atoms with van der Waals surface area (Å²) in [5.74, 6) is -0.898. The molecule has 2 N–H and O–H groups in total. The molecule has 1 heterocycles. The average Bonchev–Trinajstić information content (AvgIpc) is 2.46. The molecule has 2 rings (SSSR count). The van der Waals surface area contributed by atoms with Gasteiger partial charge in [0, 0.05) is 25.0 Å². The van der Waals surface area contributed by atoms with Crippen LogP contribution in [0.1, 0.15) is 34.5 Å². The summed E-state index contributed by atoms with van der Waals surface area (Å²) >= 11 is 0. The summed E-state index contributed by atoms with van der Waals surface area (Å²) in [6.45, 7) is 2.78. The lowest BCUT2D eigenvalue weighted by Gasteiger charge is -2.14. The lowest BCUT2D eigenvalue weighted by molar-refractivity contribution is 0.0697. The number of carbonyl (C=O) groups is 1. The van der Waals surface area contributed by atoms with E-state index in [9.17, 15) is 4.79 Å². The predicted molar refractivity (Wildman–Crippen MR) is 72.9 cm³/mol. The Bertz CT molecular complexity index is 538. The highest BCUT2D eigenvalue weighted by Crippen LogP contribution is 2.12. The van der Waals surface area contributed by atoms with Crippen molar-refractivity contribution >= 4 is 5.97 Å². The molecule has 0 bridgehead atoms. The van der Waals surface area contributed by atoms with Crippen LogP contribution in [0.25, 0.3) is 0 Å². The number of aromatic carboxylic acids is 1. The number of carboxylic acid groups (broad SMARTS) is 1. The van der Waals surface area contributed by atoms with E-state index in [0.29, 0.717) is 12.1 Å². The van der Waals surface area contributed by atoms with Gasteiger partial charge in [-0.05, 0) is 42.3 Å². The van der Waals surface area contributed by atoms with Crippen LogP contribution in [0.2, 0.25) is 0 Å². The van der Waals surface area contributed by atoms with Gasteiger partial charge in [0.1, 0.15) is 0 Å². The molecule has 0 fully saturated rings. The first kappa shape index (κ1) is 13.2. The van der Waals surface area contributed by atoms with Crippen LogP contribution in [0.5, 0.6) is 0 Å². The van der Waals surface area contributed by atoms with Crippen molar-refractivity contribution in [2.24, 2.45) is 0 Å². The molecule has 0 amide bonds. The van der Waals surface area contributed by atoms with Gasteiger partial charge in [0.15, 0.2) is 0 Å². The summed E-state index contributed by atoms with van der Waals surface area (Å²) < 4.78 is 0. The largest absolute Gasteiger partial charge is 0.478 e. The Hall–Kier alpha value is -2.20. The lowest BCUT2D eigenvalue weighted by atomic mass is 10.1. The van der Waals surface area contributed by atoms with Crippen molar-refractivity contribution in [1.29, 1.82) is 0 Å². The van der Waals surface area contributed by atoms with Gasteiger partial charge in [-0.3, -0.25) is 4.98 Å². The molecule has 0 aliphatic heterocycles. The predicted octanol–water partition coefficient (Wildman–Crippen LogP) is 2.63. The third-order valence-corrected chi connectivity index (χ3v) is 3.02. The summed E-state index contributed by atoms with van der Waals surface area (Å²) in [6, 6.07) is 11.1. The smallest absolute Gasteiger partial charge is 0.335 e. The quantitative estimate of drug-likeness (QED) is 0.863. The van der Waals surface area contributed by atoms with E-state index in [-0.39, 0.29) is 6.04 Å². The van der Waals surface area contributed by atoms with Gasteiger partial charge in [-0.1, -0.05) is 12.1 Å². The van der Waals surface area contributed by atoms with Crippen LogP contribution in [0, 0.1) is 0 Å². The van der Waals surface area contributed by atoms with Crippen LogP contribution in [-0.4, -0.2) is 16.1 Å². The van der Waals surface area contributed by atoms with Gasteiger partial charge in [0.05, 0.1) is 5.56 Å². The van der Waals surface area contributed by atoms with E-state index in [1.165, 1.54) is 5.56 Å². The van der Waals surface area contributed by atoms with Gasteiger partial charge < -0.3 is 10.4 Å². The zero-order chi connectivity index (χ0) is 13.7. The fourth-order valence-corrected chi connectivity index (χ4v) is 1.81. The summed E-state index contributed by atoms with van der Waals surface area (Å²) in [5, 5.41) is 12.2. The molecule has 0 aliphatic rings. The minimum atomic E-state index is -0.898. The van der Waals surface area contributed by atoms with Crippen LogP contribution >= 0.6 is 0 Å². The van der Waals surface area contributed by atoms with Crippen molar-refractivity contribution < 1.29 is 9.90 Å². The molecule has 0 aliphatic carbocycles. The Kier molecular flexibility index (Phi) is 4.26. The van der Waals surface area contributed by atoms with Crippen LogP contribution in [-0.2, 0) is 6.54 Å². The Labute approximate surface area is 112 Å². The van der Waals surface area contributed by atoms with Crippen molar-refractivity contribution in [1.82, 2.24) is 10.3 Å². The second kappa shape index (κ2) is 6.11. The van der Waals surface area contributed by atoms with E-state index in [2.05, 4.69) is 17.2 Å². The molecule has 0 saturated carbocycles. The summed E-state index contributed by atoms with van der Waals surface area (Å²) in [4.78, 5) is 14.7. The molecular formula is C15H16N2O2. The topological polar surface area (TPSA) is 62.2 Å². The number of nitrogens with zero attached hydrogens (tertiary/aromatic N) is 1. The first-order valence-electron chi connectivity index (χ1n) is 6.12. The molecule has 4 heteroatoms. The zero-order valence-electron chi connectivity index (χ0n) is 10.7. The summed E-state index contributed by atoms with van der Waals surface area (Å²) in [5.41, 5.74) is 2.55. The van der Waals surface area contributed by atoms with Gasteiger partial charge in [-0.25, -0.2) is 4.79 Å². The first-order valence-corrected chi connectivity index (χ1v) is 6.12. The average molecular weight is 256 g/mol. The van der Waals surface area contributed by atoms with Gasteiger partial charge in [0.2, 0.25) is 0 Å². The number of aromatic nitrogens is 1. The molecule has 0 unspecified atom stereocenters. The Balaban J connectivity index is 1.93.